The fraction of sp³-hybridized carbons (Fsp3) is 0.0769. The van der Waals surface area contributed by atoms with Crippen LogP contribution in [0.3, 0.4) is 0 Å². The zero-order valence-corrected chi connectivity index (χ0v) is 10.3. The molecule has 0 atom stereocenters. The third kappa shape index (κ3) is 2.60. The molecule has 18 heavy (non-hydrogen) atoms. The summed E-state index contributed by atoms with van der Waals surface area (Å²) < 4.78 is 0. The summed E-state index contributed by atoms with van der Waals surface area (Å²) in [7, 11) is 0. The van der Waals surface area contributed by atoms with E-state index in [2.05, 4.69) is 4.98 Å². The van der Waals surface area contributed by atoms with Crippen LogP contribution in [0.25, 0.3) is 0 Å². The summed E-state index contributed by atoms with van der Waals surface area (Å²) >= 11 is 5.88. The Labute approximate surface area is 110 Å². The molecule has 4 N–H and O–H groups in total. The van der Waals surface area contributed by atoms with Crippen molar-refractivity contribution in [3.8, 4) is 0 Å². The van der Waals surface area contributed by atoms with Crippen molar-refractivity contribution in [1.29, 1.82) is 0 Å². The third-order valence-electron chi connectivity index (χ3n) is 2.61. The number of hydrogen-bond acceptors (Lipinski definition) is 4. The SMILES string of the molecule is Nc1ccc(C(=O)Cc2cnccc2N)cc1Cl. The number of nitrogens with zero attached hydrogens (tertiary/aromatic N) is 1. The minimum Gasteiger partial charge on any atom is -0.398 e. The van der Waals surface area contributed by atoms with Gasteiger partial charge in [-0.2, -0.15) is 0 Å². The van der Waals surface area contributed by atoms with E-state index >= 15 is 0 Å². The zero-order valence-electron chi connectivity index (χ0n) is 9.56. The lowest BCUT2D eigenvalue weighted by Gasteiger charge is -2.05. The topological polar surface area (TPSA) is 82.0 Å². The Hall–Kier alpha value is -2.07. The van der Waals surface area contributed by atoms with E-state index in [1.807, 2.05) is 0 Å². The second-order valence-corrected chi connectivity index (χ2v) is 4.32. The number of aromatic nitrogens is 1. The van der Waals surface area contributed by atoms with Crippen molar-refractivity contribution in [3.63, 3.8) is 0 Å². The van der Waals surface area contributed by atoms with Crippen LogP contribution < -0.4 is 11.5 Å². The van der Waals surface area contributed by atoms with E-state index in [4.69, 9.17) is 23.1 Å². The molecule has 0 saturated heterocycles. The predicted octanol–water partition coefficient (Wildman–Crippen LogP) is 2.32. The number of rotatable bonds is 3. The fourth-order valence-corrected chi connectivity index (χ4v) is 1.74. The van der Waals surface area contributed by atoms with Gasteiger partial charge in [-0.25, -0.2) is 0 Å². The average molecular weight is 262 g/mol. The van der Waals surface area contributed by atoms with Gasteiger partial charge >= 0.3 is 0 Å². The number of ketones is 1. The molecule has 0 unspecified atom stereocenters. The largest absolute Gasteiger partial charge is 0.398 e. The molecular weight excluding hydrogens is 250 g/mol. The molecule has 0 saturated carbocycles. The minimum absolute atomic E-state index is 0.0726. The van der Waals surface area contributed by atoms with Gasteiger partial charge in [0.15, 0.2) is 5.78 Å². The highest BCUT2D eigenvalue weighted by Crippen LogP contribution is 2.21. The number of carbonyl (C=O) groups is 1. The van der Waals surface area contributed by atoms with Crippen LogP contribution in [0.15, 0.2) is 36.7 Å². The molecule has 0 aliphatic heterocycles. The molecular formula is C13H12ClN3O. The van der Waals surface area contributed by atoms with Gasteiger partial charge < -0.3 is 11.5 Å². The summed E-state index contributed by atoms with van der Waals surface area (Å²) in [5.74, 6) is -0.0726. The summed E-state index contributed by atoms with van der Waals surface area (Å²) in [6.45, 7) is 0. The lowest BCUT2D eigenvalue weighted by Crippen LogP contribution is -2.06. The average Bonchev–Trinajstić information content (AvgIpc) is 2.35. The number of anilines is 2. The zero-order chi connectivity index (χ0) is 13.1. The first-order valence-electron chi connectivity index (χ1n) is 5.34. The third-order valence-corrected chi connectivity index (χ3v) is 2.94. The Balaban J connectivity index is 2.22. The molecule has 0 radical (unpaired) electrons. The van der Waals surface area contributed by atoms with Gasteiger partial charge in [0.1, 0.15) is 0 Å². The molecule has 1 aromatic heterocycles. The Morgan fingerprint density at radius 3 is 2.67 bits per heavy atom. The normalized spacial score (nSPS) is 10.3. The Bertz CT molecular complexity index is 599. The number of carbonyl (C=O) groups excluding carboxylic acids is 1. The van der Waals surface area contributed by atoms with Crippen molar-refractivity contribution in [3.05, 3.63) is 52.8 Å². The molecule has 0 bridgehead atoms. The molecule has 2 rings (SSSR count). The molecule has 2 aromatic rings. The van der Waals surface area contributed by atoms with Crippen molar-refractivity contribution in [2.45, 2.75) is 6.42 Å². The van der Waals surface area contributed by atoms with Crippen molar-refractivity contribution >= 4 is 28.8 Å². The molecule has 1 heterocycles. The van der Waals surface area contributed by atoms with Gasteiger partial charge in [-0.1, -0.05) is 11.6 Å². The quantitative estimate of drug-likeness (QED) is 0.656. The second-order valence-electron chi connectivity index (χ2n) is 3.91. The summed E-state index contributed by atoms with van der Waals surface area (Å²) in [5, 5.41) is 0.375. The van der Waals surface area contributed by atoms with E-state index in [9.17, 15) is 4.79 Å². The summed E-state index contributed by atoms with van der Waals surface area (Å²) in [6, 6.07) is 6.49. The molecule has 0 spiro atoms. The lowest BCUT2D eigenvalue weighted by molar-refractivity contribution is 0.0993. The first-order chi connectivity index (χ1) is 8.58. The van der Waals surface area contributed by atoms with Gasteiger partial charge in [-0.15, -0.1) is 0 Å². The number of benzene rings is 1. The molecule has 92 valence electrons. The highest BCUT2D eigenvalue weighted by Gasteiger charge is 2.10. The van der Waals surface area contributed by atoms with E-state index in [-0.39, 0.29) is 12.2 Å². The van der Waals surface area contributed by atoms with E-state index in [0.717, 1.165) is 0 Å². The maximum atomic E-state index is 12.0. The van der Waals surface area contributed by atoms with Crippen LogP contribution in [0.2, 0.25) is 5.02 Å². The molecule has 0 fully saturated rings. The van der Waals surface area contributed by atoms with Gasteiger partial charge in [0.25, 0.3) is 0 Å². The second kappa shape index (κ2) is 5.06. The predicted molar refractivity (Wildman–Crippen MR) is 72.5 cm³/mol. The van der Waals surface area contributed by atoms with Crippen molar-refractivity contribution in [1.82, 2.24) is 4.98 Å². The molecule has 4 nitrogen and oxygen atoms in total. The van der Waals surface area contributed by atoms with Crippen molar-refractivity contribution in [2.24, 2.45) is 0 Å². The van der Waals surface area contributed by atoms with Crippen LogP contribution in [-0.4, -0.2) is 10.8 Å². The van der Waals surface area contributed by atoms with Crippen LogP contribution in [-0.2, 0) is 6.42 Å². The van der Waals surface area contributed by atoms with Gasteiger partial charge in [0.05, 0.1) is 10.7 Å². The first-order valence-corrected chi connectivity index (χ1v) is 5.72. The highest BCUT2D eigenvalue weighted by molar-refractivity contribution is 6.33. The van der Waals surface area contributed by atoms with Gasteiger partial charge in [0, 0.05) is 35.6 Å². The highest BCUT2D eigenvalue weighted by atomic mass is 35.5. The van der Waals surface area contributed by atoms with Crippen LogP contribution in [0.4, 0.5) is 11.4 Å². The smallest absolute Gasteiger partial charge is 0.167 e. The fourth-order valence-electron chi connectivity index (χ4n) is 1.56. The van der Waals surface area contributed by atoms with Crippen LogP contribution in [0.1, 0.15) is 15.9 Å². The van der Waals surface area contributed by atoms with Crippen LogP contribution >= 0.6 is 11.6 Å². The molecule has 5 heteroatoms. The summed E-state index contributed by atoms with van der Waals surface area (Å²) in [4.78, 5) is 16.0. The number of hydrogen-bond donors (Lipinski definition) is 2. The Morgan fingerprint density at radius 2 is 2.00 bits per heavy atom. The Kier molecular flexibility index (Phi) is 3.48. The van der Waals surface area contributed by atoms with E-state index in [0.29, 0.717) is 27.5 Å². The number of nitrogen functional groups attached to an aromatic ring is 2. The minimum atomic E-state index is -0.0726. The summed E-state index contributed by atoms with van der Waals surface area (Å²) in [6.07, 6.45) is 3.37. The molecule has 0 aliphatic carbocycles. The first kappa shape index (κ1) is 12.4. The number of nitrogens with two attached hydrogens (primary N) is 2. The number of pyridine rings is 1. The van der Waals surface area contributed by atoms with Gasteiger partial charge in [0.2, 0.25) is 0 Å². The standard InChI is InChI=1S/C13H12ClN3O/c14-10-5-8(1-2-12(10)16)13(18)6-9-7-17-4-3-11(9)15/h1-5,7H,6,16H2,(H2,15,17). The van der Waals surface area contributed by atoms with Crippen LogP contribution in [0.5, 0.6) is 0 Å². The van der Waals surface area contributed by atoms with E-state index < -0.39 is 0 Å². The lowest BCUT2D eigenvalue weighted by atomic mass is 10.0. The molecule has 0 amide bonds. The van der Waals surface area contributed by atoms with E-state index in [1.165, 1.54) is 0 Å². The molecule has 0 aliphatic rings. The monoisotopic (exact) mass is 261 g/mol. The maximum Gasteiger partial charge on any atom is 0.167 e. The van der Waals surface area contributed by atoms with Crippen molar-refractivity contribution < 1.29 is 4.79 Å². The number of halogens is 1. The number of Topliss-reactive ketones (excluding diaryl/α,β-unsaturated/α-hetero) is 1. The van der Waals surface area contributed by atoms with Gasteiger partial charge in [-0.3, -0.25) is 9.78 Å². The maximum absolute atomic E-state index is 12.0. The molecule has 1 aromatic carbocycles. The van der Waals surface area contributed by atoms with Crippen LogP contribution in [0, 0.1) is 0 Å². The Morgan fingerprint density at radius 1 is 1.22 bits per heavy atom. The van der Waals surface area contributed by atoms with E-state index in [1.54, 1.807) is 36.7 Å². The summed E-state index contributed by atoms with van der Waals surface area (Å²) in [5.41, 5.74) is 13.6. The van der Waals surface area contributed by atoms with Crippen molar-refractivity contribution in [2.75, 3.05) is 11.5 Å². The van der Waals surface area contributed by atoms with Gasteiger partial charge in [-0.05, 0) is 24.3 Å².